The molecule has 0 bridgehead atoms. The van der Waals surface area contributed by atoms with Crippen LogP contribution in [0.25, 0.3) is 0 Å². The van der Waals surface area contributed by atoms with Crippen LogP contribution in [0, 0.1) is 17.8 Å². The van der Waals surface area contributed by atoms with Crippen LogP contribution in [0.2, 0.25) is 0 Å². The molecule has 0 radical (unpaired) electrons. The molecule has 0 aromatic rings. The van der Waals surface area contributed by atoms with E-state index in [1.165, 1.54) is 225 Å². The van der Waals surface area contributed by atoms with Crippen LogP contribution in [0.15, 0.2) is 0 Å². The smallest absolute Gasteiger partial charge is 0.306 e. The summed E-state index contributed by atoms with van der Waals surface area (Å²) in [6.45, 7) is 13.8. The van der Waals surface area contributed by atoms with Crippen molar-refractivity contribution in [2.75, 3.05) is 13.2 Å². The van der Waals surface area contributed by atoms with E-state index >= 15 is 0 Å². The molecular formula is C62H120O6. The molecule has 0 spiro atoms. The molecular weight excluding hydrogens is 841 g/mol. The van der Waals surface area contributed by atoms with E-state index in [4.69, 9.17) is 14.2 Å². The molecule has 6 nitrogen and oxygen atoms in total. The largest absolute Gasteiger partial charge is 0.462 e. The molecule has 1 atom stereocenters. The molecule has 0 saturated carbocycles. The Morgan fingerprint density at radius 1 is 0.250 bits per heavy atom. The quantitative estimate of drug-likeness (QED) is 0.0343. The second-order valence-corrected chi connectivity index (χ2v) is 22.8. The van der Waals surface area contributed by atoms with Gasteiger partial charge in [0.2, 0.25) is 0 Å². The van der Waals surface area contributed by atoms with Crippen molar-refractivity contribution in [3.05, 3.63) is 0 Å². The van der Waals surface area contributed by atoms with Gasteiger partial charge in [0.25, 0.3) is 0 Å². The summed E-state index contributed by atoms with van der Waals surface area (Å²) in [4.78, 5) is 38.2. The van der Waals surface area contributed by atoms with E-state index in [0.717, 1.165) is 75.5 Å². The lowest BCUT2D eigenvalue weighted by atomic mass is 10.0. The molecule has 0 heterocycles. The maximum Gasteiger partial charge on any atom is 0.306 e. The SMILES string of the molecule is CC(C)CCCCCCCCCCCCCCCCCCCCC(=O)O[C@H](COC(=O)CCCCCCCCCCCCCCCCCC(C)C)COC(=O)CCCCCCCCCCC(C)C. The van der Waals surface area contributed by atoms with Gasteiger partial charge in [-0.3, -0.25) is 14.4 Å². The molecule has 0 aliphatic carbocycles. The van der Waals surface area contributed by atoms with Crippen molar-refractivity contribution in [2.45, 2.75) is 349 Å². The molecule has 0 saturated heterocycles. The van der Waals surface area contributed by atoms with Crippen LogP contribution in [0.4, 0.5) is 0 Å². The molecule has 0 unspecified atom stereocenters. The number of esters is 3. The van der Waals surface area contributed by atoms with Crippen molar-refractivity contribution in [1.29, 1.82) is 0 Å². The fraction of sp³-hybridized carbons (Fsp3) is 0.952. The lowest BCUT2D eigenvalue weighted by Crippen LogP contribution is -2.30. The first-order valence-electron chi connectivity index (χ1n) is 30.6. The van der Waals surface area contributed by atoms with Gasteiger partial charge in [0.05, 0.1) is 0 Å². The Morgan fingerprint density at radius 2 is 0.426 bits per heavy atom. The first kappa shape index (κ1) is 66.4. The first-order chi connectivity index (χ1) is 33.1. The number of unbranched alkanes of at least 4 members (excludes halogenated alkanes) is 38. The topological polar surface area (TPSA) is 78.9 Å². The molecule has 0 aliphatic heterocycles. The molecule has 0 fully saturated rings. The minimum Gasteiger partial charge on any atom is -0.462 e. The highest BCUT2D eigenvalue weighted by atomic mass is 16.6. The first-order valence-corrected chi connectivity index (χ1v) is 30.6. The van der Waals surface area contributed by atoms with Crippen molar-refractivity contribution in [2.24, 2.45) is 17.8 Å². The van der Waals surface area contributed by atoms with E-state index in [0.29, 0.717) is 19.3 Å². The van der Waals surface area contributed by atoms with Gasteiger partial charge in [-0.2, -0.15) is 0 Å². The maximum atomic E-state index is 12.9. The molecule has 68 heavy (non-hydrogen) atoms. The molecule has 0 aromatic heterocycles. The Labute approximate surface area is 425 Å². The highest BCUT2D eigenvalue weighted by molar-refractivity contribution is 5.71. The monoisotopic (exact) mass is 961 g/mol. The summed E-state index contributed by atoms with van der Waals surface area (Å²) in [6.07, 6.45) is 56.8. The Bertz CT molecular complexity index is 1050. The van der Waals surface area contributed by atoms with Crippen molar-refractivity contribution < 1.29 is 28.6 Å². The lowest BCUT2D eigenvalue weighted by molar-refractivity contribution is -0.167. The third-order valence-electron chi connectivity index (χ3n) is 14.1. The molecule has 6 heteroatoms. The van der Waals surface area contributed by atoms with Gasteiger partial charge in [-0.15, -0.1) is 0 Å². The van der Waals surface area contributed by atoms with Crippen LogP contribution < -0.4 is 0 Å². The summed E-state index contributed by atoms with van der Waals surface area (Å²) in [5.41, 5.74) is 0. The van der Waals surface area contributed by atoms with Crippen LogP contribution >= 0.6 is 0 Å². The van der Waals surface area contributed by atoms with Crippen molar-refractivity contribution >= 4 is 17.9 Å². The number of rotatable bonds is 55. The normalized spacial score (nSPS) is 12.1. The van der Waals surface area contributed by atoms with Crippen LogP contribution in [0.1, 0.15) is 343 Å². The Balaban J connectivity index is 4.23. The highest BCUT2D eigenvalue weighted by Gasteiger charge is 2.19. The van der Waals surface area contributed by atoms with Crippen LogP contribution in [0.5, 0.6) is 0 Å². The predicted molar refractivity (Wildman–Crippen MR) is 293 cm³/mol. The second kappa shape index (κ2) is 53.2. The molecule has 404 valence electrons. The van der Waals surface area contributed by atoms with Crippen molar-refractivity contribution in [1.82, 2.24) is 0 Å². The number of ether oxygens (including phenoxy) is 3. The van der Waals surface area contributed by atoms with Gasteiger partial charge in [-0.1, -0.05) is 305 Å². The fourth-order valence-corrected chi connectivity index (χ4v) is 9.53. The number of carbonyl (C=O) groups excluding carboxylic acids is 3. The Morgan fingerprint density at radius 3 is 0.632 bits per heavy atom. The molecule has 0 aliphatic rings. The van der Waals surface area contributed by atoms with E-state index < -0.39 is 6.10 Å². The summed E-state index contributed by atoms with van der Waals surface area (Å²) in [5.74, 6) is 1.66. The Hall–Kier alpha value is -1.59. The summed E-state index contributed by atoms with van der Waals surface area (Å²) in [6, 6.07) is 0. The zero-order valence-electron chi connectivity index (χ0n) is 46.9. The Kier molecular flexibility index (Phi) is 52.0. The van der Waals surface area contributed by atoms with Crippen LogP contribution in [-0.4, -0.2) is 37.2 Å². The van der Waals surface area contributed by atoms with E-state index in [1.807, 2.05) is 0 Å². The third kappa shape index (κ3) is 55.3. The predicted octanol–water partition coefficient (Wildman–Crippen LogP) is 20.3. The van der Waals surface area contributed by atoms with Gasteiger partial charge in [0.1, 0.15) is 13.2 Å². The molecule has 0 N–H and O–H groups in total. The standard InChI is InChI=1S/C62H120O6/c1-56(2)48-42-36-30-24-20-16-12-9-7-8-10-14-19-23-27-35-41-47-53-62(65)68-59(55-67-61(64)52-46-40-34-29-28-32-38-44-50-58(5)6)54-66-60(63)51-45-39-33-26-22-18-15-11-13-17-21-25-31-37-43-49-57(3)4/h56-59H,7-55H2,1-6H3/t59-/m1/s1. The summed E-state index contributed by atoms with van der Waals surface area (Å²) < 4.78 is 16.9. The van der Waals surface area contributed by atoms with E-state index in [2.05, 4.69) is 41.5 Å². The van der Waals surface area contributed by atoms with Gasteiger partial charge < -0.3 is 14.2 Å². The highest BCUT2D eigenvalue weighted by Crippen LogP contribution is 2.19. The van der Waals surface area contributed by atoms with Crippen LogP contribution in [0.3, 0.4) is 0 Å². The summed E-state index contributed by atoms with van der Waals surface area (Å²) >= 11 is 0. The second-order valence-electron chi connectivity index (χ2n) is 22.8. The van der Waals surface area contributed by atoms with E-state index in [9.17, 15) is 14.4 Å². The minimum absolute atomic E-state index is 0.0634. The zero-order valence-corrected chi connectivity index (χ0v) is 46.9. The number of hydrogen-bond donors (Lipinski definition) is 0. The van der Waals surface area contributed by atoms with E-state index in [-0.39, 0.29) is 31.1 Å². The molecule has 0 rings (SSSR count). The van der Waals surface area contributed by atoms with Crippen LogP contribution in [-0.2, 0) is 28.6 Å². The molecule has 0 amide bonds. The minimum atomic E-state index is -0.764. The van der Waals surface area contributed by atoms with Crippen molar-refractivity contribution in [3.63, 3.8) is 0 Å². The van der Waals surface area contributed by atoms with Gasteiger partial charge in [-0.05, 0) is 37.0 Å². The van der Waals surface area contributed by atoms with Gasteiger partial charge in [0, 0.05) is 19.3 Å². The van der Waals surface area contributed by atoms with Gasteiger partial charge in [-0.25, -0.2) is 0 Å². The number of carbonyl (C=O) groups is 3. The average molecular weight is 962 g/mol. The lowest BCUT2D eigenvalue weighted by Gasteiger charge is -2.18. The summed E-state index contributed by atoms with van der Waals surface area (Å²) in [7, 11) is 0. The third-order valence-corrected chi connectivity index (χ3v) is 14.1. The maximum absolute atomic E-state index is 12.9. The average Bonchev–Trinajstić information content (AvgIpc) is 3.30. The summed E-state index contributed by atoms with van der Waals surface area (Å²) in [5, 5.41) is 0. The molecule has 0 aromatic carbocycles. The fourth-order valence-electron chi connectivity index (χ4n) is 9.53. The van der Waals surface area contributed by atoms with Gasteiger partial charge >= 0.3 is 17.9 Å². The number of hydrogen-bond acceptors (Lipinski definition) is 6. The zero-order chi connectivity index (χ0) is 49.8. The van der Waals surface area contributed by atoms with Gasteiger partial charge in [0.15, 0.2) is 6.10 Å². The van der Waals surface area contributed by atoms with Crippen molar-refractivity contribution in [3.8, 4) is 0 Å². The van der Waals surface area contributed by atoms with E-state index in [1.54, 1.807) is 0 Å².